The molecule has 0 aliphatic rings. The first-order valence-electron chi connectivity index (χ1n) is 4.75. The average Bonchev–Trinajstić information content (AvgIpc) is 2.65. The molecule has 1 heterocycles. The van der Waals surface area contributed by atoms with E-state index in [2.05, 4.69) is 5.32 Å². The Morgan fingerprint density at radius 3 is 2.94 bits per heavy atom. The molecule has 2 N–H and O–H groups in total. The third-order valence-electron chi connectivity index (χ3n) is 1.73. The molecule has 0 aromatic carbocycles. The summed E-state index contributed by atoms with van der Waals surface area (Å²) in [6, 6.07) is 3.55. The Kier molecular flexibility index (Phi) is 5.34. The Morgan fingerprint density at radius 1 is 1.62 bits per heavy atom. The fourth-order valence-corrected chi connectivity index (χ4v) is 2.71. The monoisotopic (exact) mass is 259 g/mol. The van der Waals surface area contributed by atoms with Gasteiger partial charge >= 0.3 is 5.97 Å². The van der Waals surface area contributed by atoms with Crippen LogP contribution in [0.1, 0.15) is 13.3 Å². The van der Waals surface area contributed by atoms with Crippen molar-refractivity contribution < 1.29 is 14.7 Å². The molecule has 1 amide bonds. The Balaban J connectivity index is 2.23. The van der Waals surface area contributed by atoms with Crippen molar-refractivity contribution in [2.45, 2.75) is 23.6 Å². The number of carbonyl (C=O) groups is 2. The van der Waals surface area contributed by atoms with Crippen molar-refractivity contribution in [3.8, 4) is 0 Å². The largest absolute Gasteiger partial charge is 0.481 e. The van der Waals surface area contributed by atoms with Crippen LogP contribution < -0.4 is 5.32 Å². The summed E-state index contributed by atoms with van der Waals surface area (Å²) >= 11 is 3.04. The Hall–Kier alpha value is -1.01. The number of rotatable bonds is 6. The SMILES string of the molecule is CC(CC(=O)O)NC(=O)CSc1cccs1. The van der Waals surface area contributed by atoms with Crippen LogP contribution in [0, 0.1) is 0 Å². The Bertz CT molecular complexity index is 351. The maximum absolute atomic E-state index is 11.4. The van der Waals surface area contributed by atoms with Crippen molar-refractivity contribution in [3.63, 3.8) is 0 Å². The van der Waals surface area contributed by atoms with Crippen molar-refractivity contribution in [1.82, 2.24) is 5.32 Å². The van der Waals surface area contributed by atoms with Crippen LogP contribution in [-0.4, -0.2) is 28.8 Å². The number of nitrogens with one attached hydrogen (secondary N) is 1. The molecule has 88 valence electrons. The van der Waals surface area contributed by atoms with E-state index in [4.69, 9.17) is 5.11 Å². The zero-order valence-corrected chi connectivity index (χ0v) is 10.4. The van der Waals surface area contributed by atoms with E-state index in [0.29, 0.717) is 5.75 Å². The molecule has 1 unspecified atom stereocenters. The summed E-state index contributed by atoms with van der Waals surface area (Å²) in [4.78, 5) is 21.8. The van der Waals surface area contributed by atoms with Gasteiger partial charge in [0.1, 0.15) is 0 Å². The van der Waals surface area contributed by atoms with Gasteiger partial charge in [0.15, 0.2) is 0 Å². The average molecular weight is 259 g/mol. The van der Waals surface area contributed by atoms with Gasteiger partial charge < -0.3 is 10.4 Å². The zero-order chi connectivity index (χ0) is 12.0. The second-order valence-corrected chi connectivity index (χ2v) is 5.51. The van der Waals surface area contributed by atoms with Crippen molar-refractivity contribution in [1.29, 1.82) is 0 Å². The van der Waals surface area contributed by atoms with E-state index in [0.717, 1.165) is 4.21 Å². The van der Waals surface area contributed by atoms with E-state index in [-0.39, 0.29) is 18.4 Å². The molecule has 4 nitrogen and oxygen atoms in total. The molecule has 0 fully saturated rings. The molecule has 1 aromatic heterocycles. The highest BCUT2D eigenvalue weighted by Crippen LogP contribution is 2.22. The summed E-state index contributed by atoms with van der Waals surface area (Å²) in [6.45, 7) is 1.68. The highest BCUT2D eigenvalue weighted by atomic mass is 32.2. The van der Waals surface area contributed by atoms with E-state index in [9.17, 15) is 9.59 Å². The molecule has 1 atom stereocenters. The third-order valence-corrected chi connectivity index (χ3v) is 3.86. The fourth-order valence-electron chi connectivity index (χ4n) is 1.11. The van der Waals surface area contributed by atoms with Crippen LogP contribution in [0.4, 0.5) is 0 Å². The molecule has 0 radical (unpaired) electrons. The van der Waals surface area contributed by atoms with Gasteiger partial charge in [0.05, 0.1) is 16.4 Å². The molecule has 6 heteroatoms. The van der Waals surface area contributed by atoms with Crippen LogP contribution in [0.15, 0.2) is 21.7 Å². The molecule has 0 aliphatic carbocycles. The topological polar surface area (TPSA) is 66.4 Å². The number of hydrogen-bond donors (Lipinski definition) is 2. The first-order valence-corrected chi connectivity index (χ1v) is 6.62. The van der Waals surface area contributed by atoms with Crippen LogP contribution in [0.25, 0.3) is 0 Å². The Labute approximate surface area is 102 Å². The zero-order valence-electron chi connectivity index (χ0n) is 8.80. The van der Waals surface area contributed by atoms with Crippen LogP contribution in [-0.2, 0) is 9.59 Å². The highest BCUT2D eigenvalue weighted by molar-refractivity contribution is 8.01. The smallest absolute Gasteiger partial charge is 0.305 e. The lowest BCUT2D eigenvalue weighted by Gasteiger charge is -2.10. The van der Waals surface area contributed by atoms with Crippen LogP contribution in [0.5, 0.6) is 0 Å². The first kappa shape index (κ1) is 13.1. The lowest BCUT2D eigenvalue weighted by atomic mass is 10.2. The van der Waals surface area contributed by atoms with E-state index < -0.39 is 5.97 Å². The first-order chi connectivity index (χ1) is 7.58. The number of amides is 1. The van der Waals surface area contributed by atoms with Gasteiger partial charge in [-0.25, -0.2) is 0 Å². The lowest BCUT2D eigenvalue weighted by Crippen LogP contribution is -2.35. The van der Waals surface area contributed by atoms with Crippen molar-refractivity contribution in [2.24, 2.45) is 0 Å². The van der Waals surface area contributed by atoms with E-state index in [1.165, 1.54) is 11.8 Å². The molecular weight excluding hydrogens is 246 g/mol. The summed E-state index contributed by atoms with van der Waals surface area (Å²) in [6.07, 6.45) is -0.0462. The minimum Gasteiger partial charge on any atom is -0.481 e. The van der Waals surface area contributed by atoms with E-state index >= 15 is 0 Å². The van der Waals surface area contributed by atoms with Gasteiger partial charge in [0.25, 0.3) is 0 Å². The molecule has 16 heavy (non-hydrogen) atoms. The van der Waals surface area contributed by atoms with Gasteiger partial charge in [0, 0.05) is 6.04 Å². The maximum Gasteiger partial charge on any atom is 0.305 e. The molecule has 1 rings (SSSR count). The van der Waals surface area contributed by atoms with Crippen LogP contribution >= 0.6 is 23.1 Å². The minimum absolute atomic E-state index is 0.0462. The number of carbonyl (C=O) groups excluding carboxylic acids is 1. The van der Waals surface area contributed by atoms with Crippen molar-refractivity contribution in [2.75, 3.05) is 5.75 Å². The predicted octanol–water partition coefficient (Wildman–Crippen LogP) is 1.82. The molecule has 0 bridgehead atoms. The summed E-state index contributed by atoms with van der Waals surface area (Å²) in [5, 5.41) is 13.1. The summed E-state index contributed by atoms with van der Waals surface area (Å²) in [7, 11) is 0. The highest BCUT2D eigenvalue weighted by Gasteiger charge is 2.11. The van der Waals surface area contributed by atoms with Gasteiger partial charge in [-0.15, -0.1) is 23.1 Å². The van der Waals surface area contributed by atoms with Gasteiger partial charge in [-0.2, -0.15) is 0 Å². The number of aliphatic carboxylic acids is 1. The third kappa shape index (κ3) is 5.18. The second-order valence-electron chi connectivity index (χ2n) is 3.29. The second kappa shape index (κ2) is 6.55. The standard InChI is InChI=1S/C10H13NO3S2/c1-7(5-9(13)14)11-8(12)6-16-10-3-2-4-15-10/h2-4,7H,5-6H2,1H3,(H,11,12)(H,13,14). The maximum atomic E-state index is 11.4. The molecule has 0 aliphatic heterocycles. The Morgan fingerprint density at radius 2 is 2.38 bits per heavy atom. The number of carboxylic acid groups (broad SMARTS) is 1. The van der Waals surface area contributed by atoms with E-state index in [1.807, 2.05) is 17.5 Å². The lowest BCUT2D eigenvalue weighted by molar-refractivity contribution is -0.137. The van der Waals surface area contributed by atoms with Crippen LogP contribution in [0.2, 0.25) is 0 Å². The van der Waals surface area contributed by atoms with Gasteiger partial charge in [-0.05, 0) is 18.4 Å². The fraction of sp³-hybridized carbons (Fsp3) is 0.400. The minimum atomic E-state index is -0.904. The summed E-state index contributed by atoms with van der Waals surface area (Å²) in [5.74, 6) is -0.712. The van der Waals surface area contributed by atoms with Crippen molar-refractivity contribution in [3.05, 3.63) is 17.5 Å². The number of carboxylic acids is 1. The van der Waals surface area contributed by atoms with Gasteiger partial charge in [-0.3, -0.25) is 9.59 Å². The van der Waals surface area contributed by atoms with E-state index in [1.54, 1.807) is 18.3 Å². The number of hydrogen-bond acceptors (Lipinski definition) is 4. The summed E-state index contributed by atoms with van der Waals surface area (Å²) in [5.41, 5.74) is 0. The quantitative estimate of drug-likeness (QED) is 0.765. The normalized spacial score (nSPS) is 12.1. The summed E-state index contributed by atoms with van der Waals surface area (Å²) < 4.78 is 1.08. The van der Waals surface area contributed by atoms with Gasteiger partial charge in [0.2, 0.25) is 5.91 Å². The van der Waals surface area contributed by atoms with Crippen LogP contribution in [0.3, 0.4) is 0 Å². The van der Waals surface area contributed by atoms with Crippen molar-refractivity contribution >= 4 is 35.0 Å². The van der Waals surface area contributed by atoms with Gasteiger partial charge in [-0.1, -0.05) is 6.07 Å². The molecule has 0 spiro atoms. The molecule has 1 aromatic rings. The number of thioether (sulfide) groups is 1. The molecule has 0 saturated heterocycles. The molecular formula is C10H13NO3S2. The molecule has 0 saturated carbocycles. The predicted molar refractivity (Wildman–Crippen MR) is 64.9 cm³/mol. The number of thiophene rings is 1.